The lowest BCUT2D eigenvalue weighted by atomic mass is 9.72. The standard InChI is InChI=1S/C29H30FN7O2S/c1-5-22-26(34(4)28-32-25(24(12-31)40-28)19-6-8-20(30)9-7-19)23-11-21(10-17(2)37(23)33-22)35-13-29(14-35)15-36(16-29)27(39)18(3)38/h6-11,18,38H,5,13-16H2,1-4H3. The largest absolute Gasteiger partial charge is 0.384 e. The number of pyridine rings is 1. The van der Waals surface area contributed by atoms with Gasteiger partial charge in [0.2, 0.25) is 0 Å². The Bertz CT molecular complexity index is 1660. The molecule has 2 saturated heterocycles. The van der Waals surface area contributed by atoms with E-state index in [0.29, 0.717) is 34.4 Å². The van der Waals surface area contributed by atoms with Gasteiger partial charge in [-0.2, -0.15) is 10.4 Å². The van der Waals surface area contributed by atoms with E-state index in [0.717, 1.165) is 47.8 Å². The third-order valence-electron chi connectivity index (χ3n) is 7.87. The van der Waals surface area contributed by atoms with Gasteiger partial charge in [0.1, 0.15) is 28.6 Å². The van der Waals surface area contributed by atoms with Crippen LogP contribution in [0.1, 0.15) is 30.1 Å². The second-order valence-corrected chi connectivity index (χ2v) is 11.9. The molecule has 1 unspecified atom stereocenters. The van der Waals surface area contributed by atoms with Crippen LogP contribution in [0.4, 0.5) is 20.9 Å². The first-order valence-corrected chi connectivity index (χ1v) is 14.1. The molecule has 40 heavy (non-hydrogen) atoms. The maximum atomic E-state index is 13.5. The molecule has 0 aliphatic carbocycles. The number of carbonyl (C=O) groups is 1. The highest BCUT2D eigenvalue weighted by atomic mass is 32.1. The number of carbonyl (C=O) groups excluding carboxylic acids is 1. The van der Waals surface area contributed by atoms with Gasteiger partial charge in [-0.15, -0.1) is 0 Å². The Morgan fingerprint density at radius 2 is 1.95 bits per heavy atom. The first kappa shape index (κ1) is 26.2. The fourth-order valence-electron chi connectivity index (χ4n) is 5.87. The number of anilines is 3. The summed E-state index contributed by atoms with van der Waals surface area (Å²) in [4.78, 5) is 23.4. The number of likely N-dealkylation sites (tertiary alicyclic amines) is 1. The fourth-order valence-corrected chi connectivity index (χ4v) is 6.72. The number of aliphatic hydroxyl groups is 1. The number of thiazole rings is 1. The van der Waals surface area contributed by atoms with Crippen LogP contribution in [0.2, 0.25) is 0 Å². The number of rotatable bonds is 6. The molecular weight excluding hydrogens is 529 g/mol. The van der Waals surface area contributed by atoms with E-state index in [1.165, 1.54) is 30.4 Å². The van der Waals surface area contributed by atoms with Gasteiger partial charge < -0.3 is 19.8 Å². The van der Waals surface area contributed by atoms with Crippen molar-refractivity contribution in [2.24, 2.45) is 5.41 Å². The van der Waals surface area contributed by atoms with E-state index in [1.54, 1.807) is 17.0 Å². The third-order valence-corrected chi connectivity index (χ3v) is 8.91. The molecule has 2 fully saturated rings. The number of aryl methyl sites for hydroxylation is 2. The number of aliphatic hydroxyl groups excluding tert-OH is 1. The Morgan fingerprint density at radius 3 is 2.58 bits per heavy atom. The van der Waals surface area contributed by atoms with Crippen LogP contribution < -0.4 is 9.80 Å². The van der Waals surface area contributed by atoms with Crippen molar-refractivity contribution in [1.29, 1.82) is 5.26 Å². The smallest absolute Gasteiger partial charge is 0.251 e. The van der Waals surface area contributed by atoms with Crippen molar-refractivity contribution >= 4 is 39.3 Å². The van der Waals surface area contributed by atoms with Gasteiger partial charge in [-0.3, -0.25) is 4.79 Å². The summed E-state index contributed by atoms with van der Waals surface area (Å²) in [6, 6.07) is 12.5. The summed E-state index contributed by atoms with van der Waals surface area (Å²) in [6.07, 6.45) is -0.241. The van der Waals surface area contributed by atoms with Crippen molar-refractivity contribution in [2.45, 2.75) is 33.3 Å². The maximum Gasteiger partial charge on any atom is 0.251 e. The van der Waals surface area contributed by atoms with Gasteiger partial charge in [0, 0.05) is 55.6 Å². The number of fused-ring (bicyclic) bond motifs is 1. The van der Waals surface area contributed by atoms with Crippen molar-refractivity contribution in [3.05, 3.63) is 58.5 Å². The molecule has 206 valence electrons. The van der Waals surface area contributed by atoms with Crippen molar-refractivity contribution < 1.29 is 14.3 Å². The Hall–Kier alpha value is -4.01. The molecule has 1 N–H and O–H groups in total. The molecule has 3 aromatic heterocycles. The minimum atomic E-state index is -0.961. The molecule has 1 spiro atoms. The molecule has 6 rings (SSSR count). The van der Waals surface area contributed by atoms with E-state index in [4.69, 9.17) is 10.1 Å². The lowest BCUT2D eigenvalue weighted by molar-refractivity contribution is -0.153. The second-order valence-electron chi connectivity index (χ2n) is 10.9. The van der Waals surface area contributed by atoms with E-state index in [9.17, 15) is 19.6 Å². The number of hydrogen-bond acceptors (Lipinski definition) is 8. The summed E-state index contributed by atoms with van der Waals surface area (Å²) in [5, 5.41) is 25.0. The van der Waals surface area contributed by atoms with Gasteiger partial charge in [0.05, 0.1) is 16.9 Å². The highest BCUT2D eigenvalue weighted by Crippen LogP contribution is 2.44. The molecule has 1 atom stereocenters. The molecule has 5 heterocycles. The zero-order valence-electron chi connectivity index (χ0n) is 22.8. The topological polar surface area (TPSA) is 101 Å². The van der Waals surface area contributed by atoms with Crippen molar-refractivity contribution in [3.63, 3.8) is 0 Å². The van der Waals surface area contributed by atoms with Crippen LogP contribution >= 0.6 is 11.3 Å². The molecule has 11 heteroatoms. The minimum Gasteiger partial charge on any atom is -0.384 e. The first-order chi connectivity index (χ1) is 19.1. The Labute approximate surface area is 235 Å². The summed E-state index contributed by atoms with van der Waals surface area (Å²) < 4.78 is 15.5. The first-order valence-electron chi connectivity index (χ1n) is 13.3. The average molecular weight is 560 g/mol. The number of nitrogens with zero attached hydrogens (tertiary/aromatic N) is 7. The Morgan fingerprint density at radius 1 is 1.25 bits per heavy atom. The molecule has 4 aromatic rings. The van der Waals surface area contributed by atoms with Crippen LogP contribution in [0.3, 0.4) is 0 Å². The summed E-state index contributed by atoms with van der Waals surface area (Å²) >= 11 is 1.30. The molecule has 1 aromatic carbocycles. The lowest BCUT2D eigenvalue weighted by Gasteiger charge is -2.61. The summed E-state index contributed by atoms with van der Waals surface area (Å²) in [7, 11) is 1.94. The molecule has 0 radical (unpaired) electrons. The van der Waals surface area contributed by atoms with Crippen molar-refractivity contribution in [2.75, 3.05) is 43.0 Å². The van der Waals surface area contributed by atoms with Gasteiger partial charge in [0.25, 0.3) is 5.91 Å². The quantitative estimate of drug-likeness (QED) is 0.379. The van der Waals surface area contributed by atoms with Crippen LogP contribution in [0.25, 0.3) is 16.8 Å². The van der Waals surface area contributed by atoms with E-state index in [2.05, 4.69) is 30.0 Å². The summed E-state index contributed by atoms with van der Waals surface area (Å²) in [5.41, 5.74) is 6.23. The molecule has 2 aliphatic heterocycles. The lowest BCUT2D eigenvalue weighted by Crippen LogP contribution is -2.73. The number of aromatic nitrogens is 3. The minimum absolute atomic E-state index is 0.0877. The third kappa shape index (κ3) is 4.19. The number of benzene rings is 1. The highest BCUT2D eigenvalue weighted by Gasteiger charge is 2.53. The Kier molecular flexibility index (Phi) is 6.27. The van der Waals surface area contributed by atoms with Gasteiger partial charge in [-0.1, -0.05) is 18.3 Å². The molecule has 2 aliphatic rings. The second kappa shape index (κ2) is 9.57. The number of amides is 1. The van der Waals surface area contributed by atoms with E-state index in [1.807, 2.05) is 23.4 Å². The average Bonchev–Trinajstić information content (AvgIpc) is 3.49. The molecule has 0 saturated carbocycles. The maximum absolute atomic E-state index is 13.5. The van der Waals surface area contributed by atoms with Crippen LogP contribution in [0.5, 0.6) is 0 Å². The summed E-state index contributed by atoms with van der Waals surface area (Å²) in [6.45, 7) is 8.68. The predicted molar refractivity (Wildman–Crippen MR) is 152 cm³/mol. The zero-order chi connectivity index (χ0) is 28.3. The van der Waals surface area contributed by atoms with Crippen LogP contribution in [-0.2, 0) is 11.2 Å². The van der Waals surface area contributed by atoms with Crippen molar-refractivity contribution in [3.8, 4) is 17.3 Å². The molecule has 9 nitrogen and oxygen atoms in total. The Balaban J connectivity index is 1.31. The highest BCUT2D eigenvalue weighted by molar-refractivity contribution is 7.16. The molecular formula is C29H30FN7O2S. The summed E-state index contributed by atoms with van der Waals surface area (Å²) in [5.74, 6) is -0.541. The SMILES string of the molecule is CCc1nn2c(C)cc(N3CC4(CN(C(=O)C(C)O)C4)C3)cc2c1N(C)c1nc(-c2ccc(F)cc2)c(C#N)s1. The zero-order valence-corrected chi connectivity index (χ0v) is 23.7. The molecule has 1 amide bonds. The van der Waals surface area contributed by atoms with Gasteiger partial charge in [-0.05, 0) is 56.7 Å². The van der Waals surface area contributed by atoms with Crippen LogP contribution in [-0.4, -0.2) is 69.8 Å². The number of nitriles is 1. The van der Waals surface area contributed by atoms with Gasteiger partial charge in [0.15, 0.2) is 5.13 Å². The van der Waals surface area contributed by atoms with E-state index >= 15 is 0 Å². The normalized spacial score (nSPS) is 16.5. The van der Waals surface area contributed by atoms with Crippen molar-refractivity contribution in [1.82, 2.24) is 19.5 Å². The number of hydrogen-bond donors (Lipinski definition) is 1. The van der Waals surface area contributed by atoms with E-state index in [-0.39, 0.29) is 17.1 Å². The van der Waals surface area contributed by atoms with Gasteiger partial charge in [-0.25, -0.2) is 13.9 Å². The fraction of sp³-hybridized carbons (Fsp3) is 0.379. The number of halogens is 1. The predicted octanol–water partition coefficient (Wildman–Crippen LogP) is 4.14. The van der Waals surface area contributed by atoms with Gasteiger partial charge >= 0.3 is 0 Å². The molecule has 0 bridgehead atoms. The van der Waals surface area contributed by atoms with Crippen LogP contribution in [0.15, 0.2) is 36.4 Å². The van der Waals surface area contributed by atoms with Crippen LogP contribution in [0, 0.1) is 29.5 Å². The monoisotopic (exact) mass is 559 g/mol. The van der Waals surface area contributed by atoms with E-state index < -0.39 is 6.10 Å².